The molecule has 29 heavy (non-hydrogen) atoms. The van der Waals surface area contributed by atoms with E-state index in [9.17, 15) is 9.59 Å². The van der Waals surface area contributed by atoms with Crippen molar-refractivity contribution >= 4 is 23.4 Å². The van der Waals surface area contributed by atoms with Crippen LogP contribution in [0.3, 0.4) is 0 Å². The van der Waals surface area contributed by atoms with Crippen LogP contribution in [0.4, 0.5) is 0 Å². The van der Waals surface area contributed by atoms with E-state index in [0.717, 1.165) is 24.1 Å². The van der Waals surface area contributed by atoms with Crippen LogP contribution in [0.1, 0.15) is 41.4 Å². The monoisotopic (exact) mass is 415 g/mol. The van der Waals surface area contributed by atoms with Crippen LogP contribution in [-0.2, 0) is 11.2 Å². The molecule has 1 saturated heterocycles. The van der Waals surface area contributed by atoms with E-state index in [1.54, 1.807) is 31.3 Å². The first-order valence-corrected chi connectivity index (χ1v) is 10.2. The lowest BCUT2D eigenvalue weighted by molar-refractivity contribution is -0.130. The van der Waals surface area contributed by atoms with Crippen LogP contribution < -0.4 is 10.1 Å². The Labute approximate surface area is 176 Å². The van der Waals surface area contributed by atoms with E-state index in [1.165, 1.54) is 0 Å². The maximum absolute atomic E-state index is 12.8. The molecule has 1 N–H and O–H groups in total. The van der Waals surface area contributed by atoms with E-state index in [0.29, 0.717) is 42.4 Å². The predicted octanol–water partition coefficient (Wildman–Crippen LogP) is 3.41. The molecule has 2 aromatic rings. The Morgan fingerprint density at radius 1 is 1.28 bits per heavy atom. The van der Waals surface area contributed by atoms with Crippen molar-refractivity contribution in [2.45, 2.75) is 39.2 Å². The van der Waals surface area contributed by atoms with Crippen LogP contribution in [0.25, 0.3) is 0 Å². The lowest BCUT2D eigenvalue weighted by Gasteiger charge is -2.31. The van der Waals surface area contributed by atoms with Crippen LogP contribution in [0.2, 0.25) is 5.02 Å². The summed E-state index contributed by atoms with van der Waals surface area (Å²) in [6.45, 7) is 5.39. The number of carbonyl (C=O) groups excluding carboxylic acids is 2. The van der Waals surface area contributed by atoms with Crippen molar-refractivity contribution in [1.29, 1.82) is 0 Å². The predicted molar refractivity (Wildman–Crippen MR) is 112 cm³/mol. The Balaban J connectivity index is 1.61. The minimum absolute atomic E-state index is 0.0329. The number of piperidine rings is 1. The standard InChI is InChI=1S/C22H26ClN3O3/c1-15-4-3-10-24-20(15)7-11-25-22(28)19-14-17(23)5-6-21(19)29-18-8-12-26(13-9-18)16(2)27/h3-6,10,14,18H,7-9,11-13H2,1-2H3,(H,25,28). The van der Waals surface area contributed by atoms with Crippen LogP contribution in [0.5, 0.6) is 5.75 Å². The molecule has 6 nitrogen and oxygen atoms in total. The normalized spacial score (nSPS) is 14.5. The fourth-order valence-electron chi connectivity index (χ4n) is 3.42. The first kappa shape index (κ1) is 21.1. The fourth-order valence-corrected chi connectivity index (χ4v) is 3.59. The van der Waals surface area contributed by atoms with Gasteiger partial charge < -0.3 is 15.0 Å². The third-order valence-electron chi connectivity index (χ3n) is 5.13. The van der Waals surface area contributed by atoms with Gasteiger partial charge in [0, 0.05) is 62.7 Å². The van der Waals surface area contributed by atoms with Crippen molar-refractivity contribution in [3.8, 4) is 5.75 Å². The van der Waals surface area contributed by atoms with Crippen molar-refractivity contribution < 1.29 is 14.3 Å². The Morgan fingerprint density at radius 2 is 2.03 bits per heavy atom. The second kappa shape index (κ2) is 9.74. The Morgan fingerprint density at radius 3 is 2.72 bits per heavy atom. The van der Waals surface area contributed by atoms with Gasteiger partial charge in [0.15, 0.2) is 0 Å². The van der Waals surface area contributed by atoms with Gasteiger partial charge in [0.2, 0.25) is 5.91 Å². The van der Waals surface area contributed by atoms with Crippen molar-refractivity contribution in [3.05, 3.63) is 58.4 Å². The summed E-state index contributed by atoms with van der Waals surface area (Å²) in [4.78, 5) is 30.4. The fraction of sp³-hybridized carbons (Fsp3) is 0.409. The number of nitrogens with one attached hydrogen (secondary N) is 1. The number of carbonyl (C=O) groups is 2. The number of amides is 2. The highest BCUT2D eigenvalue weighted by Gasteiger charge is 2.23. The van der Waals surface area contributed by atoms with Crippen LogP contribution in [0.15, 0.2) is 36.5 Å². The number of hydrogen-bond acceptors (Lipinski definition) is 4. The van der Waals surface area contributed by atoms with Crippen molar-refractivity contribution in [2.24, 2.45) is 0 Å². The summed E-state index contributed by atoms with van der Waals surface area (Å²) < 4.78 is 6.10. The molecule has 0 saturated carbocycles. The van der Waals surface area contributed by atoms with Gasteiger partial charge in [0.05, 0.1) is 5.56 Å². The third kappa shape index (κ3) is 5.70. The van der Waals surface area contributed by atoms with Gasteiger partial charge >= 0.3 is 0 Å². The molecular formula is C22H26ClN3O3. The van der Waals surface area contributed by atoms with Crippen molar-refractivity contribution in [3.63, 3.8) is 0 Å². The van der Waals surface area contributed by atoms with E-state index in [1.807, 2.05) is 24.0 Å². The van der Waals surface area contributed by atoms with Gasteiger partial charge in [-0.05, 0) is 36.8 Å². The molecule has 0 radical (unpaired) electrons. The number of likely N-dealkylation sites (tertiary alicyclic amines) is 1. The Bertz CT molecular complexity index is 879. The van der Waals surface area contributed by atoms with Crippen LogP contribution >= 0.6 is 11.6 Å². The largest absolute Gasteiger partial charge is 0.489 e. The first-order chi connectivity index (χ1) is 13.9. The van der Waals surface area contributed by atoms with Gasteiger partial charge in [-0.15, -0.1) is 0 Å². The summed E-state index contributed by atoms with van der Waals surface area (Å²) in [5.74, 6) is 0.373. The van der Waals surface area contributed by atoms with Crippen molar-refractivity contribution in [2.75, 3.05) is 19.6 Å². The summed E-state index contributed by atoms with van der Waals surface area (Å²) >= 11 is 6.12. The molecular weight excluding hydrogens is 390 g/mol. The zero-order valence-electron chi connectivity index (χ0n) is 16.8. The van der Waals surface area contributed by atoms with E-state index in [2.05, 4.69) is 10.3 Å². The van der Waals surface area contributed by atoms with Gasteiger partial charge in [0.1, 0.15) is 11.9 Å². The molecule has 1 aromatic heterocycles. The summed E-state index contributed by atoms with van der Waals surface area (Å²) in [6.07, 6.45) is 3.85. The number of halogens is 1. The molecule has 0 bridgehead atoms. The van der Waals surface area contributed by atoms with Gasteiger partial charge in [-0.3, -0.25) is 14.6 Å². The molecule has 2 heterocycles. The second-order valence-corrected chi connectivity index (χ2v) is 7.67. The number of nitrogens with zero attached hydrogens (tertiary/aromatic N) is 2. The second-order valence-electron chi connectivity index (χ2n) is 7.24. The highest BCUT2D eigenvalue weighted by molar-refractivity contribution is 6.31. The average Bonchev–Trinajstić information content (AvgIpc) is 2.71. The molecule has 154 valence electrons. The zero-order chi connectivity index (χ0) is 20.8. The number of ether oxygens (including phenoxy) is 1. The smallest absolute Gasteiger partial charge is 0.255 e. The molecule has 0 spiro atoms. The lowest BCUT2D eigenvalue weighted by atomic mass is 10.1. The summed E-state index contributed by atoms with van der Waals surface area (Å²) in [6, 6.07) is 8.98. The molecule has 1 aromatic carbocycles. The number of benzene rings is 1. The number of pyridine rings is 1. The molecule has 1 fully saturated rings. The minimum Gasteiger partial charge on any atom is -0.489 e. The molecule has 0 atom stereocenters. The van der Waals surface area contributed by atoms with Gasteiger partial charge in [-0.25, -0.2) is 0 Å². The highest BCUT2D eigenvalue weighted by Crippen LogP contribution is 2.26. The van der Waals surface area contributed by atoms with Crippen LogP contribution in [0, 0.1) is 6.92 Å². The molecule has 7 heteroatoms. The SMILES string of the molecule is CC(=O)N1CCC(Oc2ccc(Cl)cc2C(=O)NCCc2ncccc2C)CC1. The van der Waals surface area contributed by atoms with E-state index in [4.69, 9.17) is 16.3 Å². The van der Waals surface area contributed by atoms with Gasteiger partial charge in [-0.2, -0.15) is 0 Å². The first-order valence-electron chi connectivity index (χ1n) is 9.84. The summed E-state index contributed by atoms with van der Waals surface area (Å²) in [7, 11) is 0. The molecule has 0 aliphatic carbocycles. The van der Waals surface area contributed by atoms with E-state index >= 15 is 0 Å². The Kier molecular flexibility index (Phi) is 7.09. The maximum Gasteiger partial charge on any atom is 0.255 e. The molecule has 2 amide bonds. The quantitative estimate of drug-likeness (QED) is 0.784. The highest BCUT2D eigenvalue weighted by atomic mass is 35.5. The average molecular weight is 416 g/mol. The number of hydrogen-bond donors (Lipinski definition) is 1. The Hall–Kier alpha value is -2.60. The maximum atomic E-state index is 12.8. The van der Waals surface area contributed by atoms with E-state index in [-0.39, 0.29) is 17.9 Å². The molecule has 1 aliphatic rings. The molecule has 3 rings (SSSR count). The van der Waals surface area contributed by atoms with Gasteiger partial charge in [0.25, 0.3) is 5.91 Å². The minimum atomic E-state index is -0.225. The lowest BCUT2D eigenvalue weighted by Crippen LogP contribution is -2.40. The van der Waals surface area contributed by atoms with Crippen molar-refractivity contribution in [1.82, 2.24) is 15.2 Å². The number of aryl methyl sites for hydroxylation is 1. The number of rotatable bonds is 6. The van der Waals surface area contributed by atoms with Crippen LogP contribution in [-0.4, -0.2) is 47.4 Å². The van der Waals surface area contributed by atoms with E-state index < -0.39 is 0 Å². The summed E-state index contributed by atoms with van der Waals surface area (Å²) in [5.41, 5.74) is 2.49. The third-order valence-corrected chi connectivity index (χ3v) is 5.37. The molecule has 1 aliphatic heterocycles. The summed E-state index contributed by atoms with van der Waals surface area (Å²) in [5, 5.41) is 3.41. The van der Waals surface area contributed by atoms with Gasteiger partial charge in [-0.1, -0.05) is 17.7 Å². The zero-order valence-corrected chi connectivity index (χ0v) is 17.5. The molecule has 0 unspecified atom stereocenters. The number of aromatic nitrogens is 1. The topological polar surface area (TPSA) is 71.5 Å².